The molecule has 2 rings (SSSR count). The van der Waals surface area contributed by atoms with Gasteiger partial charge < -0.3 is 4.74 Å². The molecule has 0 bridgehead atoms. The van der Waals surface area contributed by atoms with E-state index in [-0.39, 0.29) is 16.1 Å². The number of benzene rings is 1. The Morgan fingerprint density at radius 1 is 1.33 bits per heavy atom. The van der Waals surface area contributed by atoms with Gasteiger partial charge in [0.2, 0.25) is 0 Å². The van der Waals surface area contributed by atoms with Crippen LogP contribution >= 0.6 is 11.5 Å². The van der Waals surface area contributed by atoms with Gasteiger partial charge >= 0.3 is 5.97 Å². The molecule has 0 aliphatic rings. The predicted molar refractivity (Wildman–Crippen MR) is 72.4 cm³/mol. The molecule has 2 aromatic rings. The quantitative estimate of drug-likeness (QED) is 0.358. The normalized spacial score (nSPS) is 10.1. The molecule has 0 N–H and O–H groups in total. The molecular weight excluding hydrogens is 298 g/mol. The van der Waals surface area contributed by atoms with Gasteiger partial charge in [0.15, 0.2) is 17.3 Å². The molecule has 0 saturated carbocycles. The molecule has 0 unspecified atom stereocenters. The smallest absolute Gasteiger partial charge is 0.352 e. The summed E-state index contributed by atoms with van der Waals surface area (Å²) in [5, 5.41) is 14.2. The zero-order chi connectivity index (χ0) is 15.4. The number of rotatable bonds is 5. The molecule has 0 amide bonds. The monoisotopic (exact) mass is 307 g/mol. The van der Waals surface area contributed by atoms with Gasteiger partial charge in [0.05, 0.1) is 10.6 Å². The topological polar surface area (TPSA) is 112 Å². The number of carbonyl (C=O) groups excluding carboxylic acids is 2. The van der Waals surface area contributed by atoms with Crippen molar-refractivity contribution in [3.05, 3.63) is 50.5 Å². The second kappa shape index (κ2) is 6.18. The molecule has 0 radical (unpaired) electrons. The first-order valence-corrected chi connectivity index (χ1v) is 6.50. The van der Waals surface area contributed by atoms with Crippen molar-refractivity contribution in [3.63, 3.8) is 0 Å². The van der Waals surface area contributed by atoms with Crippen LogP contribution in [0.1, 0.15) is 25.7 Å². The van der Waals surface area contributed by atoms with Crippen molar-refractivity contribution in [1.29, 1.82) is 0 Å². The minimum Gasteiger partial charge on any atom is -0.453 e. The minimum atomic E-state index is -0.669. The van der Waals surface area contributed by atoms with Gasteiger partial charge in [-0.15, -0.1) is 5.10 Å². The summed E-state index contributed by atoms with van der Waals surface area (Å²) in [7, 11) is 0. The Morgan fingerprint density at radius 3 is 2.52 bits per heavy atom. The Hall–Kier alpha value is -2.68. The van der Waals surface area contributed by atoms with E-state index in [1.807, 2.05) is 0 Å². The Bertz CT molecular complexity index is 695. The van der Waals surface area contributed by atoms with Crippen LogP contribution in [0.15, 0.2) is 24.3 Å². The molecule has 0 fully saturated rings. The van der Waals surface area contributed by atoms with Crippen molar-refractivity contribution in [1.82, 2.24) is 9.59 Å². The second-order valence-electron chi connectivity index (χ2n) is 3.99. The summed E-state index contributed by atoms with van der Waals surface area (Å²) in [6.45, 7) is 1.16. The molecule has 108 valence electrons. The number of aromatic nitrogens is 2. The fraction of sp³-hybridized carbons (Fsp3) is 0.167. The fourth-order valence-electron chi connectivity index (χ4n) is 1.47. The summed E-state index contributed by atoms with van der Waals surface area (Å²) in [6, 6.07) is 5.06. The first-order chi connectivity index (χ1) is 9.99. The van der Waals surface area contributed by atoms with E-state index in [2.05, 4.69) is 9.59 Å². The van der Waals surface area contributed by atoms with Gasteiger partial charge in [0, 0.05) is 17.7 Å². The number of ketones is 1. The first-order valence-electron chi connectivity index (χ1n) is 5.73. The average molecular weight is 307 g/mol. The highest BCUT2D eigenvalue weighted by Gasteiger charge is 2.17. The van der Waals surface area contributed by atoms with Crippen molar-refractivity contribution in [2.75, 3.05) is 6.61 Å². The number of nitro groups is 1. The number of nitrogens with zero attached hydrogens (tertiary/aromatic N) is 3. The van der Waals surface area contributed by atoms with Gasteiger partial charge in [-0.25, -0.2) is 4.79 Å². The number of Topliss-reactive ketones (excluding diaryl/α,β-unsaturated/α-hetero) is 1. The van der Waals surface area contributed by atoms with E-state index in [0.29, 0.717) is 5.69 Å². The maximum Gasteiger partial charge on any atom is 0.352 e. The van der Waals surface area contributed by atoms with Crippen molar-refractivity contribution < 1.29 is 19.2 Å². The van der Waals surface area contributed by atoms with E-state index in [9.17, 15) is 19.7 Å². The third-order valence-corrected chi connectivity index (χ3v) is 3.38. The number of non-ortho nitro benzene ring substituents is 1. The summed E-state index contributed by atoms with van der Waals surface area (Å²) in [4.78, 5) is 33.7. The lowest BCUT2D eigenvalue weighted by Gasteiger charge is -2.03. The third kappa shape index (κ3) is 3.45. The van der Waals surface area contributed by atoms with E-state index >= 15 is 0 Å². The van der Waals surface area contributed by atoms with Gasteiger partial charge in [0.1, 0.15) is 0 Å². The van der Waals surface area contributed by atoms with Gasteiger partial charge in [-0.3, -0.25) is 14.9 Å². The highest BCUT2D eigenvalue weighted by atomic mass is 32.1. The van der Waals surface area contributed by atoms with E-state index in [0.717, 1.165) is 11.5 Å². The molecule has 0 atom stereocenters. The van der Waals surface area contributed by atoms with Gasteiger partial charge in [-0.2, -0.15) is 0 Å². The van der Waals surface area contributed by atoms with Crippen LogP contribution in [0.4, 0.5) is 5.69 Å². The lowest BCUT2D eigenvalue weighted by atomic mass is 10.1. The molecule has 0 saturated heterocycles. The summed E-state index contributed by atoms with van der Waals surface area (Å²) >= 11 is 0.888. The lowest BCUT2D eigenvalue weighted by Crippen LogP contribution is -2.14. The highest BCUT2D eigenvalue weighted by Crippen LogP contribution is 2.14. The zero-order valence-electron chi connectivity index (χ0n) is 10.8. The molecule has 9 heteroatoms. The van der Waals surface area contributed by atoms with E-state index in [4.69, 9.17) is 4.74 Å². The van der Waals surface area contributed by atoms with Crippen molar-refractivity contribution >= 4 is 29.0 Å². The Kier molecular flexibility index (Phi) is 4.33. The molecule has 0 aliphatic carbocycles. The fourth-order valence-corrected chi connectivity index (χ4v) is 2.02. The maximum atomic E-state index is 11.8. The Morgan fingerprint density at radius 2 is 2.00 bits per heavy atom. The highest BCUT2D eigenvalue weighted by molar-refractivity contribution is 7.07. The standard InChI is InChI=1S/C12H9N3O5S/c1-7-11(21-14-13-7)12(17)20-6-10(16)8-2-4-9(5-3-8)15(18)19/h2-5H,6H2,1H3. The number of aryl methyl sites for hydroxylation is 1. The average Bonchev–Trinajstić information content (AvgIpc) is 2.90. The van der Waals surface area contributed by atoms with E-state index in [1.54, 1.807) is 6.92 Å². The third-order valence-electron chi connectivity index (χ3n) is 2.57. The van der Waals surface area contributed by atoms with Crippen LogP contribution in [0.5, 0.6) is 0 Å². The number of hydrogen-bond acceptors (Lipinski definition) is 8. The Labute approximate surface area is 122 Å². The van der Waals surface area contributed by atoms with Crippen molar-refractivity contribution in [3.8, 4) is 0 Å². The SMILES string of the molecule is Cc1nnsc1C(=O)OCC(=O)c1ccc([N+](=O)[O-])cc1. The molecular formula is C12H9N3O5S. The molecule has 8 nitrogen and oxygen atoms in total. The van der Waals surface area contributed by atoms with Crippen LogP contribution in [0.3, 0.4) is 0 Å². The molecule has 0 spiro atoms. The molecule has 1 aromatic carbocycles. The number of hydrogen-bond donors (Lipinski definition) is 0. The number of ether oxygens (including phenoxy) is 1. The molecule has 21 heavy (non-hydrogen) atoms. The molecule has 1 heterocycles. The van der Waals surface area contributed by atoms with Crippen LogP contribution in [0.2, 0.25) is 0 Å². The minimum absolute atomic E-state index is 0.116. The van der Waals surface area contributed by atoms with Crippen LogP contribution in [0.25, 0.3) is 0 Å². The van der Waals surface area contributed by atoms with Crippen LogP contribution in [-0.2, 0) is 4.74 Å². The van der Waals surface area contributed by atoms with Crippen molar-refractivity contribution in [2.45, 2.75) is 6.92 Å². The largest absolute Gasteiger partial charge is 0.453 e. The van der Waals surface area contributed by atoms with Gasteiger partial charge in [-0.1, -0.05) is 4.49 Å². The summed E-state index contributed by atoms with van der Waals surface area (Å²) < 4.78 is 8.47. The summed E-state index contributed by atoms with van der Waals surface area (Å²) in [5.41, 5.74) is 0.551. The first kappa shape index (κ1) is 14.7. The predicted octanol–water partition coefficient (Wildman–Crippen LogP) is 1.79. The molecule has 0 aliphatic heterocycles. The maximum absolute atomic E-state index is 11.8. The second-order valence-corrected chi connectivity index (χ2v) is 4.74. The number of carbonyl (C=O) groups is 2. The van der Waals surface area contributed by atoms with E-state index < -0.39 is 23.3 Å². The van der Waals surface area contributed by atoms with Gasteiger partial charge in [0.25, 0.3) is 5.69 Å². The zero-order valence-corrected chi connectivity index (χ0v) is 11.6. The Balaban J connectivity index is 1.97. The van der Waals surface area contributed by atoms with Crippen molar-refractivity contribution in [2.24, 2.45) is 0 Å². The summed E-state index contributed by atoms with van der Waals surface area (Å²) in [5.74, 6) is -1.12. The number of esters is 1. The van der Waals surface area contributed by atoms with Gasteiger partial charge in [-0.05, 0) is 30.6 Å². The van der Waals surface area contributed by atoms with Crippen LogP contribution in [-0.4, -0.2) is 32.9 Å². The van der Waals surface area contributed by atoms with E-state index in [1.165, 1.54) is 24.3 Å². The lowest BCUT2D eigenvalue weighted by molar-refractivity contribution is -0.384. The number of nitro benzene ring substituents is 1. The van der Waals surface area contributed by atoms with Crippen LogP contribution in [0, 0.1) is 17.0 Å². The van der Waals surface area contributed by atoms with Crippen LogP contribution < -0.4 is 0 Å². The summed E-state index contributed by atoms with van der Waals surface area (Å²) in [6.07, 6.45) is 0. The molecule has 1 aromatic heterocycles.